The number of ether oxygens (including phenoxy) is 1. The van der Waals surface area contributed by atoms with Gasteiger partial charge in [0, 0.05) is 12.6 Å². The van der Waals surface area contributed by atoms with E-state index in [1.54, 1.807) is 24.3 Å². The van der Waals surface area contributed by atoms with Gasteiger partial charge < -0.3 is 15.0 Å². The minimum absolute atomic E-state index is 0.0437. The predicted molar refractivity (Wildman–Crippen MR) is 163 cm³/mol. The molecule has 0 saturated carbocycles. The van der Waals surface area contributed by atoms with Crippen molar-refractivity contribution in [3.8, 4) is 5.75 Å². The van der Waals surface area contributed by atoms with E-state index in [-0.39, 0.29) is 18.5 Å². The van der Waals surface area contributed by atoms with Crippen molar-refractivity contribution in [3.63, 3.8) is 0 Å². The quantitative estimate of drug-likeness (QED) is 0.279. The standard InChI is InChI=1S/C32H41N3O5S/c1-5-25(3)33-32(37)30(6-2)34(22-21-26-13-9-7-10-14-26)31(36)23-35(41(4,38)39)28-17-19-29(20-18-28)40-24-27-15-11-8-12-16-27/h7-20,25,30H,5-6,21-24H2,1-4H3,(H,33,37)/t25-,30+/m1/s1. The van der Waals surface area contributed by atoms with Crippen molar-refractivity contribution in [3.05, 3.63) is 96.1 Å². The molecular formula is C32H41N3O5S. The van der Waals surface area contributed by atoms with Crippen LogP contribution in [0.1, 0.15) is 44.7 Å². The van der Waals surface area contributed by atoms with E-state index in [1.807, 2.05) is 81.4 Å². The van der Waals surface area contributed by atoms with Crippen LogP contribution in [0.25, 0.3) is 0 Å². The maximum Gasteiger partial charge on any atom is 0.244 e. The molecule has 0 heterocycles. The molecule has 9 heteroatoms. The number of nitrogens with zero attached hydrogens (tertiary/aromatic N) is 2. The average Bonchev–Trinajstić information content (AvgIpc) is 2.97. The number of hydrogen-bond acceptors (Lipinski definition) is 5. The average molecular weight is 580 g/mol. The third-order valence-electron chi connectivity index (χ3n) is 6.92. The highest BCUT2D eigenvalue weighted by Crippen LogP contribution is 2.23. The number of anilines is 1. The summed E-state index contributed by atoms with van der Waals surface area (Å²) in [6.07, 6.45) is 2.76. The second-order valence-electron chi connectivity index (χ2n) is 10.1. The van der Waals surface area contributed by atoms with Crippen molar-refractivity contribution >= 4 is 27.5 Å². The van der Waals surface area contributed by atoms with E-state index in [0.29, 0.717) is 30.9 Å². The summed E-state index contributed by atoms with van der Waals surface area (Å²) in [5.41, 5.74) is 2.37. The lowest BCUT2D eigenvalue weighted by Gasteiger charge is -2.33. The molecule has 2 atom stereocenters. The largest absolute Gasteiger partial charge is 0.489 e. The highest BCUT2D eigenvalue weighted by atomic mass is 32.2. The molecule has 3 aromatic carbocycles. The van der Waals surface area contributed by atoms with Crippen LogP contribution in [0.3, 0.4) is 0 Å². The molecule has 0 unspecified atom stereocenters. The summed E-state index contributed by atoms with van der Waals surface area (Å²) in [5, 5.41) is 2.98. The summed E-state index contributed by atoms with van der Waals surface area (Å²) < 4.78 is 32.6. The smallest absolute Gasteiger partial charge is 0.244 e. The van der Waals surface area contributed by atoms with Crippen molar-refractivity contribution in [2.75, 3.05) is 23.7 Å². The molecule has 0 saturated heterocycles. The van der Waals surface area contributed by atoms with Crippen molar-refractivity contribution < 1.29 is 22.7 Å². The van der Waals surface area contributed by atoms with E-state index >= 15 is 0 Å². The minimum atomic E-state index is -3.81. The van der Waals surface area contributed by atoms with Crippen molar-refractivity contribution in [2.24, 2.45) is 0 Å². The van der Waals surface area contributed by atoms with Gasteiger partial charge in [-0.05, 0) is 61.6 Å². The summed E-state index contributed by atoms with van der Waals surface area (Å²) in [5.74, 6) is -0.106. The first-order valence-corrected chi connectivity index (χ1v) is 15.9. The fraction of sp³-hybridized carbons (Fsp3) is 0.375. The first-order chi connectivity index (χ1) is 19.6. The van der Waals surface area contributed by atoms with Gasteiger partial charge in [-0.3, -0.25) is 13.9 Å². The second kappa shape index (κ2) is 15.2. The van der Waals surface area contributed by atoms with Crippen molar-refractivity contribution in [1.82, 2.24) is 10.2 Å². The fourth-order valence-corrected chi connectivity index (χ4v) is 5.25. The van der Waals surface area contributed by atoms with Gasteiger partial charge in [0.1, 0.15) is 24.9 Å². The van der Waals surface area contributed by atoms with E-state index in [9.17, 15) is 18.0 Å². The minimum Gasteiger partial charge on any atom is -0.489 e. The first-order valence-electron chi connectivity index (χ1n) is 14.0. The maximum absolute atomic E-state index is 13.8. The number of nitrogens with one attached hydrogen (secondary N) is 1. The van der Waals surface area contributed by atoms with Crippen molar-refractivity contribution in [1.29, 1.82) is 0 Å². The van der Waals surface area contributed by atoms with Crippen LogP contribution in [0, 0.1) is 0 Å². The number of sulfonamides is 1. The Kier molecular flexibility index (Phi) is 11.8. The molecule has 3 aromatic rings. The topological polar surface area (TPSA) is 96.0 Å². The maximum atomic E-state index is 13.8. The van der Waals surface area contributed by atoms with Gasteiger partial charge in [0.05, 0.1) is 11.9 Å². The third-order valence-corrected chi connectivity index (χ3v) is 8.06. The van der Waals surface area contributed by atoms with Crippen LogP contribution in [0.4, 0.5) is 5.69 Å². The molecule has 0 aliphatic carbocycles. The van der Waals surface area contributed by atoms with Gasteiger partial charge in [-0.25, -0.2) is 8.42 Å². The highest BCUT2D eigenvalue weighted by molar-refractivity contribution is 7.92. The lowest BCUT2D eigenvalue weighted by atomic mass is 10.1. The van der Waals surface area contributed by atoms with Gasteiger partial charge in [0.2, 0.25) is 21.8 Å². The van der Waals surface area contributed by atoms with Gasteiger partial charge in [0.15, 0.2) is 0 Å². The number of carbonyl (C=O) groups is 2. The molecule has 0 radical (unpaired) electrons. The Morgan fingerprint density at radius 3 is 1.98 bits per heavy atom. The molecule has 220 valence electrons. The predicted octanol–water partition coefficient (Wildman–Crippen LogP) is 4.80. The normalized spacial score (nSPS) is 12.7. The Morgan fingerprint density at radius 2 is 1.44 bits per heavy atom. The summed E-state index contributed by atoms with van der Waals surface area (Å²) in [6.45, 7) is 5.98. The van der Waals surface area contributed by atoms with Gasteiger partial charge in [0.25, 0.3) is 0 Å². The lowest BCUT2D eigenvalue weighted by molar-refractivity contribution is -0.139. The van der Waals surface area contributed by atoms with Crippen LogP contribution >= 0.6 is 0 Å². The summed E-state index contributed by atoms with van der Waals surface area (Å²) in [6, 6.07) is 25.3. The molecule has 0 aliphatic rings. The number of carbonyl (C=O) groups excluding carboxylic acids is 2. The van der Waals surface area contributed by atoms with Crippen LogP contribution in [0.2, 0.25) is 0 Å². The summed E-state index contributed by atoms with van der Waals surface area (Å²) >= 11 is 0. The number of amides is 2. The molecule has 0 spiro atoms. The summed E-state index contributed by atoms with van der Waals surface area (Å²) in [7, 11) is -3.81. The highest BCUT2D eigenvalue weighted by Gasteiger charge is 2.31. The molecule has 8 nitrogen and oxygen atoms in total. The van der Waals surface area contributed by atoms with Gasteiger partial charge in [-0.1, -0.05) is 74.5 Å². The second-order valence-corrected chi connectivity index (χ2v) is 12.0. The van der Waals surface area contributed by atoms with E-state index in [4.69, 9.17) is 4.74 Å². The third kappa shape index (κ3) is 9.63. The molecule has 41 heavy (non-hydrogen) atoms. The van der Waals surface area contributed by atoms with Crippen LogP contribution in [-0.4, -0.2) is 56.6 Å². The molecule has 3 rings (SSSR count). The van der Waals surface area contributed by atoms with Gasteiger partial charge in [-0.2, -0.15) is 0 Å². The molecule has 1 N–H and O–H groups in total. The van der Waals surface area contributed by atoms with Crippen molar-refractivity contribution in [2.45, 2.75) is 58.7 Å². The Bertz CT molecular complexity index is 1350. The van der Waals surface area contributed by atoms with Gasteiger partial charge in [-0.15, -0.1) is 0 Å². The van der Waals surface area contributed by atoms with E-state index in [1.165, 1.54) is 4.90 Å². The number of hydrogen-bond donors (Lipinski definition) is 1. The van der Waals surface area contributed by atoms with E-state index in [2.05, 4.69) is 5.32 Å². The Hall–Kier alpha value is -3.85. The molecule has 0 aromatic heterocycles. The van der Waals surface area contributed by atoms with Crippen LogP contribution in [0.5, 0.6) is 5.75 Å². The first kappa shape index (κ1) is 31.7. The Morgan fingerprint density at radius 1 is 0.854 bits per heavy atom. The SMILES string of the molecule is CC[C@@H](C)NC(=O)[C@H](CC)N(CCc1ccccc1)C(=O)CN(c1ccc(OCc2ccccc2)cc1)S(C)(=O)=O. The zero-order valence-corrected chi connectivity index (χ0v) is 25.1. The van der Waals surface area contributed by atoms with E-state index in [0.717, 1.165) is 28.1 Å². The zero-order chi connectivity index (χ0) is 29.8. The molecule has 0 bridgehead atoms. The zero-order valence-electron chi connectivity index (χ0n) is 24.3. The lowest BCUT2D eigenvalue weighted by Crippen LogP contribution is -2.54. The Labute approximate surface area is 244 Å². The molecular weight excluding hydrogens is 538 g/mol. The number of benzene rings is 3. The van der Waals surface area contributed by atoms with Crippen LogP contribution in [-0.2, 0) is 32.6 Å². The van der Waals surface area contributed by atoms with Gasteiger partial charge >= 0.3 is 0 Å². The molecule has 0 fully saturated rings. The fourth-order valence-electron chi connectivity index (χ4n) is 4.40. The monoisotopic (exact) mass is 579 g/mol. The van der Waals surface area contributed by atoms with Crippen LogP contribution in [0.15, 0.2) is 84.9 Å². The molecule has 0 aliphatic heterocycles. The number of rotatable bonds is 15. The summed E-state index contributed by atoms with van der Waals surface area (Å²) in [4.78, 5) is 28.5. The molecule has 2 amide bonds. The van der Waals surface area contributed by atoms with Crippen LogP contribution < -0.4 is 14.4 Å². The van der Waals surface area contributed by atoms with E-state index < -0.39 is 28.5 Å². The Balaban J connectivity index is 1.81.